The van der Waals surface area contributed by atoms with Gasteiger partial charge in [0.25, 0.3) is 0 Å². The lowest BCUT2D eigenvalue weighted by Crippen LogP contribution is -2.65. The number of benzene rings is 1. The summed E-state index contributed by atoms with van der Waals surface area (Å²) in [6.07, 6.45) is -6.20. The van der Waals surface area contributed by atoms with Gasteiger partial charge in [0.2, 0.25) is 11.8 Å². The van der Waals surface area contributed by atoms with Gasteiger partial charge in [0.1, 0.15) is 54.5 Å². The molecular weight excluding hydrogens is 658 g/mol. The second-order valence-corrected chi connectivity index (χ2v) is 13.6. The zero-order valence-electron chi connectivity index (χ0n) is 28.5. The minimum Gasteiger partial charge on any atom is -0.443 e. The minimum absolute atomic E-state index is 0.00225. The Labute approximate surface area is 287 Å². The summed E-state index contributed by atoms with van der Waals surface area (Å²) >= 11 is 0. The van der Waals surface area contributed by atoms with E-state index in [1.165, 1.54) is 10.9 Å². The first kappa shape index (κ1) is 38.1. The first-order valence-electron chi connectivity index (χ1n) is 15.7. The number of nitrogens with zero attached hydrogens (tertiary/aromatic N) is 5. The van der Waals surface area contributed by atoms with Crippen LogP contribution in [0.2, 0.25) is 0 Å². The Hall–Kier alpha value is -4.75. The number of aromatic nitrogens is 4. The molecule has 1 aliphatic rings. The molecule has 50 heavy (non-hydrogen) atoms. The van der Waals surface area contributed by atoms with Crippen LogP contribution >= 0.6 is 0 Å². The molecule has 0 bridgehead atoms. The first-order valence-corrected chi connectivity index (χ1v) is 15.7. The highest BCUT2D eigenvalue weighted by atomic mass is 16.6. The van der Waals surface area contributed by atoms with Gasteiger partial charge in [0.05, 0.1) is 12.9 Å². The Morgan fingerprint density at radius 3 is 2.14 bits per heavy atom. The molecule has 0 aliphatic carbocycles. The van der Waals surface area contributed by atoms with Gasteiger partial charge in [0, 0.05) is 6.42 Å². The number of carbonyl (C=O) groups is 4. The van der Waals surface area contributed by atoms with Crippen molar-refractivity contribution in [2.75, 3.05) is 11.5 Å². The number of fused-ring (bicyclic) bond motifs is 1. The summed E-state index contributed by atoms with van der Waals surface area (Å²) in [5.41, 5.74) is -1.26. The van der Waals surface area contributed by atoms with Gasteiger partial charge in [-0.05, 0) is 47.1 Å². The summed E-state index contributed by atoms with van der Waals surface area (Å²) in [5.74, 6) is -1.75. The van der Waals surface area contributed by atoms with E-state index >= 15 is 0 Å². The Morgan fingerprint density at radius 2 is 1.56 bits per heavy atom. The van der Waals surface area contributed by atoms with Crippen LogP contribution in [0.5, 0.6) is 0 Å². The van der Waals surface area contributed by atoms with Crippen LogP contribution in [0.4, 0.5) is 15.4 Å². The summed E-state index contributed by atoms with van der Waals surface area (Å²) in [4.78, 5) is 66.5. The van der Waals surface area contributed by atoms with Crippen molar-refractivity contribution in [3.8, 4) is 0 Å². The standard InChI is InChI=1S/C32H43N7O11/c1-31(2,3)49-29(46)39(30(47)50-32(4,5)6)26-22-25(33-15-34-26)38(16-35-22)13-20(41)36-18(12-17-10-8-7-9-11-17)27(44)37-21-24(43)23(42)19(14-40)48-28(21)45/h7-11,15-16,18-19,21,23-24,28,40,42-43,45H,12-14H2,1-6H3,(H,36,41)(H,37,44)/t18-,19+,21+,23+,24+,28+/m0/s1. The summed E-state index contributed by atoms with van der Waals surface area (Å²) in [6.45, 7) is 8.61. The molecule has 6 N–H and O–H groups in total. The van der Waals surface area contributed by atoms with E-state index in [1.54, 1.807) is 71.9 Å². The number of imide groups is 1. The number of carbonyl (C=O) groups excluding carboxylic acids is 4. The van der Waals surface area contributed by atoms with Crippen LogP contribution < -0.4 is 15.5 Å². The lowest BCUT2D eigenvalue weighted by Gasteiger charge is -2.40. The maximum Gasteiger partial charge on any atom is 0.425 e. The van der Waals surface area contributed by atoms with Gasteiger partial charge in [-0.25, -0.2) is 24.5 Å². The third-order valence-corrected chi connectivity index (χ3v) is 7.20. The van der Waals surface area contributed by atoms with Gasteiger partial charge < -0.3 is 49.8 Å². The predicted molar refractivity (Wildman–Crippen MR) is 174 cm³/mol. The zero-order chi connectivity index (χ0) is 37.0. The molecule has 0 unspecified atom stereocenters. The van der Waals surface area contributed by atoms with Gasteiger partial charge >= 0.3 is 12.2 Å². The summed E-state index contributed by atoms with van der Waals surface area (Å²) in [6, 6.07) is 6.00. The number of ether oxygens (including phenoxy) is 3. The van der Waals surface area contributed by atoms with Crippen molar-refractivity contribution in [3.05, 3.63) is 48.5 Å². The van der Waals surface area contributed by atoms with Crippen molar-refractivity contribution in [1.29, 1.82) is 0 Å². The Morgan fingerprint density at radius 1 is 0.940 bits per heavy atom. The maximum absolute atomic E-state index is 13.5. The second-order valence-electron chi connectivity index (χ2n) is 13.6. The van der Waals surface area contributed by atoms with Crippen LogP contribution in [0, 0.1) is 0 Å². The summed E-state index contributed by atoms with van der Waals surface area (Å²) < 4.78 is 17.3. The molecule has 4 rings (SSSR count). The minimum atomic E-state index is -1.77. The fraction of sp³-hybridized carbons (Fsp3) is 0.531. The number of nitrogens with one attached hydrogen (secondary N) is 2. The lowest BCUT2D eigenvalue weighted by molar-refractivity contribution is -0.254. The van der Waals surface area contributed by atoms with Crippen LogP contribution in [0.25, 0.3) is 11.2 Å². The highest BCUT2D eigenvalue weighted by molar-refractivity contribution is 6.12. The number of anilines is 1. The predicted octanol–water partition coefficient (Wildman–Crippen LogP) is 0.147. The molecule has 3 heterocycles. The van der Waals surface area contributed by atoms with Crippen LogP contribution in [0.15, 0.2) is 43.0 Å². The molecule has 3 aromatic rings. The van der Waals surface area contributed by atoms with Crippen LogP contribution in [0.1, 0.15) is 47.1 Å². The zero-order valence-corrected chi connectivity index (χ0v) is 28.5. The second kappa shape index (κ2) is 15.4. The van der Waals surface area contributed by atoms with Gasteiger partial charge in [0.15, 0.2) is 23.3 Å². The highest BCUT2D eigenvalue weighted by Gasteiger charge is 2.45. The van der Waals surface area contributed by atoms with E-state index in [4.69, 9.17) is 14.2 Å². The van der Waals surface area contributed by atoms with E-state index in [2.05, 4.69) is 25.6 Å². The Balaban J connectivity index is 1.59. The number of aliphatic hydroxyl groups is 4. The molecule has 2 aromatic heterocycles. The number of hydrogen-bond acceptors (Lipinski definition) is 14. The van der Waals surface area contributed by atoms with Crippen molar-refractivity contribution in [3.63, 3.8) is 0 Å². The molecule has 272 valence electrons. The molecule has 18 heteroatoms. The van der Waals surface area contributed by atoms with Crippen molar-refractivity contribution in [2.45, 2.75) is 102 Å². The lowest BCUT2D eigenvalue weighted by atomic mass is 9.96. The van der Waals surface area contributed by atoms with E-state index in [9.17, 15) is 39.6 Å². The molecular formula is C32H43N7O11. The van der Waals surface area contributed by atoms with Gasteiger partial charge in [-0.1, -0.05) is 30.3 Å². The topological polar surface area (TPSA) is 248 Å². The quantitative estimate of drug-likeness (QED) is 0.174. The van der Waals surface area contributed by atoms with E-state index < -0.39 is 85.0 Å². The normalized spacial score (nSPS) is 21.6. The molecule has 18 nitrogen and oxygen atoms in total. The fourth-order valence-electron chi connectivity index (χ4n) is 4.98. The van der Waals surface area contributed by atoms with E-state index in [-0.39, 0.29) is 23.4 Å². The van der Waals surface area contributed by atoms with Crippen LogP contribution in [-0.2, 0) is 36.8 Å². The van der Waals surface area contributed by atoms with E-state index in [1.807, 2.05) is 0 Å². The number of imidazole rings is 1. The Bertz CT molecular complexity index is 1640. The van der Waals surface area contributed by atoms with Gasteiger partial charge in [-0.3, -0.25) is 9.59 Å². The van der Waals surface area contributed by atoms with Crippen LogP contribution in [-0.4, -0.2) is 118 Å². The number of amides is 4. The van der Waals surface area contributed by atoms with Crippen LogP contribution in [0.3, 0.4) is 0 Å². The number of rotatable bonds is 9. The number of hydrogen-bond donors (Lipinski definition) is 6. The molecule has 1 aliphatic heterocycles. The highest BCUT2D eigenvalue weighted by Crippen LogP contribution is 2.26. The van der Waals surface area contributed by atoms with Crippen molar-refractivity contribution < 1.29 is 53.8 Å². The molecule has 0 saturated carbocycles. The maximum atomic E-state index is 13.5. The molecule has 0 spiro atoms. The van der Waals surface area contributed by atoms with E-state index in [0.29, 0.717) is 10.5 Å². The molecule has 1 fully saturated rings. The summed E-state index contributed by atoms with van der Waals surface area (Å²) in [7, 11) is 0. The summed E-state index contributed by atoms with van der Waals surface area (Å²) in [5, 5.41) is 45.6. The van der Waals surface area contributed by atoms with Crippen molar-refractivity contribution >= 4 is 41.0 Å². The van der Waals surface area contributed by atoms with Crippen molar-refractivity contribution in [1.82, 2.24) is 30.2 Å². The molecule has 1 saturated heterocycles. The van der Waals surface area contributed by atoms with E-state index in [0.717, 1.165) is 6.33 Å². The molecule has 0 radical (unpaired) electrons. The largest absolute Gasteiger partial charge is 0.443 e. The van der Waals surface area contributed by atoms with Crippen molar-refractivity contribution in [2.24, 2.45) is 0 Å². The average molecular weight is 702 g/mol. The van der Waals surface area contributed by atoms with Gasteiger partial charge in [-0.2, -0.15) is 4.90 Å². The number of aliphatic hydroxyl groups excluding tert-OH is 4. The fourth-order valence-corrected chi connectivity index (χ4v) is 4.98. The third kappa shape index (κ3) is 9.48. The smallest absolute Gasteiger partial charge is 0.425 e. The SMILES string of the molecule is CC(C)(C)OC(=O)N(C(=O)OC(C)(C)C)c1ncnc2c1ncn2CC(=O)N[C@@H](Cc1ccccc1)C(=O)N[C@@H]1[C@@H](O)[C@H](O)[C@@H](CO)O[C@H]1O. The van der Waals surface area contributed by atoms with Gasteiger partial charge in [-0.15, -0.1) is 0 Å². The molecule has 6 atom stereocenters. The molecule has 4 amide bonds. The average Bonchev–Trinajstić information content (AvgIpc) is 3.42. The molecule has 1 aromatic carbocycles. The third-order valence-electron chi connectivity index (χ3n) is 7.20. The first-order chi connectivity index (χ1) is 23.4. The monoisotopic (exact) mass is 701 g/mol. The Kier molecular flexibility index (Phi) is 11.7.